The van der Waals surface area contributed by atoms with Gasteiger partial charge >= 0.3 is 59.8 Å². The Kier molecular flexibility index (Phi) is 27.3. The highest BCUT2D eigenvalue weighted by atomic mass is 16.8. The number of alkyl carbamates (subject to hydrolysis) is 1. The second kappa shape index (κ2) is 33.4. The molecule has 0 aromatic heterocycles. The van der Waals surface area contributed by atoms with Crippen LogP contribution in [0.25, 0.3) is 0 Å². The first-order valence-electron chi connectivity index (χ1n) is 26.8. The molecule has 2 saturated heterocycles. The number of rotatable bonds is 27. The van der Waals surface area contributed by atoms with Crippen LogP contribution in [-0.4, -0.2) is 204 Å². The second-order valence-corrected chi connectivity index (χ2v) is 20.3. The summed E-state index contributed by atoms with van der Waals surface area (Å²) in [4.78, 5) is 139. The van der Waals surface area contributed by atoms with Crippen molar-refractivity contribution in [2.24, 2.45) is 9.98 Å². The van der Waals surface area contributed by atoms with Gasteiger partial charge in [-0.1, -0.05) is 0 Å². The van der Waals surface area contributed by atoms with Gasteiger partial charge in [0.25, 0.3) is 0 Å². The molecular weight excluding hydrogens is 1140 g/mol. The third-order valence-corrected chi connectivity index (χ3v) is 12.0. The van der Waals surface area contributed by atoms with Crippen molar-refractivity contribution in [1.29, 1.82) is 0 Å². The van der Waals surface area contributed by atoms with Crippen molar-refractivity contribution in [1.82, 2.24) is 5.32 Å². The summed E-state index contributed by atoms with van der Waals surface area (Å²) in [6.07, 6.45) is -18.2. The molecular formula is C57H75N3O26. The lowest BCUT2D eigenvalue weighted by molar-refractivity contribution is -0.339. The summed E-state index contributed by atoms with van der Waals surface area (Å²) in [5.74, 6) is -7.36. The number of esters is 9. The summed E-state index contributed by atoms with van der Waals surface area (Å²) in [6.45, 7) is 10.9. The van der Waals surface area contributed by atoms with E-state index >= 15 is 0 Å². The van der Waals surface area contributed by atoms with Crippen LogP contribution in [0.1, 0.15) is 94.2 Å². The van der Waals surface area contributed by atoms with E-state index in [9.17, 15) is 47.9 Å². The van der Waals surface area contributed by atoms with Gasteiger partial charge in [0, 0.05) is 74.7 Å². The highest BCUT2D eigenvalue weighted by molar-refractivity contribution is 5.81. The normalized spacial score (nSPS) is 23.4. The summed E-state index contributed by atoms with van der Waals surface area (Å²) in [5, 5.41) is 2.51. The SMILES string of the molecule is COc1ccc(C=NC2[C@H](O[C@@H]3C(COC(C)=O)O[C@@H](O[C@H](C(COC(C)=O)OC(C)=O)[C@H](OC(C)=O)C(COC(C)=O)NC(=O)OC(C)(C)C)C(N=Cc4ccc(OC)cc4)[C@H]3OC(C)=O)OC(COC(C)=O)[C@@H](OC(C)=O)[C@@H]2OC(C)=O)cc1. The molecule has 2 aromatic rings. The van der Waals surface area contributed by atoms with Crippen molar-refractivity contribution < 1.29 is 124 Å². The maximum atomic E-state index is 13.7. The van der Waals surface area contributed by atoms with Crippen LogP contribution < -0.4 is 14.8 Å². The molecule has 1 amide bonds. The molecule has 0 radical (unpaired) electrons. The van der Waals surface area contributed by atoms with E-state index in [4.69, 9.17) is 85.8 Å². The van der Waals surface area contributed by atoms with Crippen LogP contribution in [0.3, 0.4) is 0 Å². The van der Waals surface area contributed by atoms with Crippen LogP contribution in [0.5, 0.6) is 11.5 Å². The Morgan fingerprint density at radius 1 is 0.512 bits per heavy atom. The molecule has 2 aliphatic heterocycles. The lowest BCUT2D eigenvalue weighted by Crippen LogP contribution is -2.67. The monoisotopic (exact) mass is 1220 g/mol. The fourth-order valence-corrected chi connectivity index (χ4v) is 8.61. The molecule has 29 heteroatoms. The lowest BCUT2D eigenvalue weighted by atomic mass is 9.94. The quantitative estimate of drug-likeness (QED) is 0.0763. The number of nitrogens with zero attached hydrogens (tertiary/aromatic N) is 2. The molecule has 2 aliphatic rings. The molecule has 6 unspecified atom stereocenters. The molecule has 474 valence electrons. The van der Waals surface area contributed by atoms with Crippen molar-refractivity contribution in [2.75, 3.05) is 40.6 Å². The summed E-state index contributed by atoms with van der Waals surface area (Å²) < 4.78 is 94.0. The zero-order valence-corrected chi connectivity index (χ0v) is 50.2. The Morgan fingerprint density at radius 2 is 0.930 bits per heavy atom. The van der Waals surface area contributed by atoms with Gasteiger partial charge in [-0.2, -0.15) is 0 Å². The molecule has 2 fully saturated rings. The fourth-order valence-electron chi connectivity index (χ4n) is 8.61. The predicted octanol–water partition coefficient (Wildman–Crippen LogP) is 3.00. The smallest absolute Gasteiger partial charge is 0.408 e. The standard InChI is InChI=1S/C57H75N3O26/c1-29(61)73-25-42(60-56(70)86-57(10,11)12)48(78-34(6)66)49(43(77-33(5)65)26-74-30(2)62)84-54-47(59-24-39-17-21-41(72-14)22-18-39)53(81-37(9)69)51(45(83-54)28-76-32(4)64)85-55-46(58-23-38-15-19-40(71-13)20-16-38)52(80-36(8)68)50(79-35(7)67)44(82-55)27-75-31(3)63/h15-24,42-55H,25-28H2,1-14H3,(H,60,70)/t42?,43?,44?,45?,46?,47?,48-,49-,50-,51-,52-,53-,54+,55+/m1/s1. The average molecular weight is 1220 g/mol. The van der Waals surface area contributed by atoms with E-state index in [1.165, 1.54) is 26.6 Å². The molecule has 4 rings (SSSR count). The molecule has 29 nitrogen and oxygen atoms in total. The topological polar surface area (TPSA) is 355 Å². The van der Waals surface area contributed by atoms with Gasteiger partial charge in [0.05, 0.1) is 14.2 Å². The molecule has 0 aliphatic carbocycles. The number of amides is 1. The molecule has 14 atom stereocenters. The Bertz CT molecular complexity index is 2710. The fraction of sp³-hybridized carbons (Fsp3) is 0.579. The van der Waals surface area contributed by atoms with Gasteiger partial charge in [-0.15, -0.1) is 0 Å². The van der Waals surface area contributed by atoms with E-state index < -0.39 is 177 Å². The number of ether oxygens (including phenoxy) is 16. The number of hydrogen-bond acceptors (Lipinski definition) is 28. The van der Waals surface area contributed by atoms with E-state index in [1.54, 1.807) is 69.3 Å². The predicted molar refractivity (Wildman–Crippen MR) is 293 cm³/mol. The van der Waals surface area contributed by atoms with Gasteiger partial charge in [-0.3, -0.25) is 53.1 Å². The van der Waals surface area contributed by atoms with E-state index in [-0.39, 0.29) is 0 Å². The molecule has 0 spiro atoms. The van der Waals surface area contributed by atoms with Crippen molar-refractivity contribution in [2.45, 2.75) is 174 Å². The molecule has 2 aromatic carbocycles. The van der Waals surface area contributed by atoms with E-state index in [0.717, 1.165) is 62.3 Å². The van der Waals surface area contributed by atoms with E-state index in [2.05, 4.69) is 5.32 Å². The number of benzene rings is 2. The van der Waals surface area contributed by atoms with Crippen molar-refractivity contribution >= 4 is 72.2 Å². The zero-order chi connectivity index (χ0) is 64.0. The summed E-state index contributed by atoms with van der Waals surface area (Å²) in [6, 6.07) is 7.90. The number of nitrogens with one attached hydrogen (secondary N) is 1. The first-order chi connectivity index (χ1) is 40.5. The van der Waals surface area contributed by atoms with Crippen molar-refractivity contribution in [3.05, 3.63) is 59.7 Å². The Labute approximate surface area is 496 Å². The molecule has 1 N–H and O–H groups in total. The van der Waals surface area contributed by atoms with Gasteiger partial charge in [0.2, 0.25) is 0 Å². The number of aliphatic imine (C=N–C) groups is 2. The summed E-state index contributed by atoms with van der Waals surface area (Å²) in [7, 11) is 2.91. The molecule has 2 heterocycles. The average Bonchev–Trinajstić information content (AvgIpc) is 0.955. The van der Waals surface area contributed by atoms with Crippen molar-refractivity contribution in [3.8, 4) is 11.5 Å². The van der Waals surface area contributed by atoms with E-state index in [0.29, 0.717) is 22.6 Å². The van der Waals surface area contributed by atoms with Crippen LogP contribution in [0.4, 0.5) is 4.79 Å². The Morgan fingerprint density at radius 3 is 1.36 bits per heavy atom. The van der Waals surface area contributed by atoms with Gasteiger partial charge in [0.1, 0.15) is 86.1 Å². The maximum absolute atomic E-state index is 13.7. The minimum Gasteiger partial charge on any atom is -0.497 e. The Balaban J connectivity index is 2.13. The first kappa shape index (κ1) is 70.2. The van der Waals surface area contributed by atoms with Crippen LogP contribution in [0.2, 0.25) is 0 Å². The number of carbonyl (C=O) groups excluding carboxylic acids is 10. The summed E-state index contributed by atoms with van der Waals surface area (Å²) >= 11 is 0. The van der Waals surface area contributed by atoms with Gasteiger partial charge in [-0.05, 0) is 80.4 Å². The minimum absolute atomic E-state index is 0.383. The number of carbonyl (C=O) groups is 10. The Hall–Kier alpha value is -8.28. The van der Waals surface area contributed by atoms with E-state index in [1.807, 2.05) is 0 Å². The largest absolute Gasteiger partial charge is 0.497 e. The minimum atomic E-state index is -2.02. The van der Waals surface area contributed by atoms with Gasteiger partial charge in [0.15, 0.2) is 43.1 Å². The third kappa shape index (κ3) is 23.3. The first-order valence-corrected chi connectivity index (χ1v) is 26.8. The maximum Gasteiger partial charge on any atom is 0.408 e. The van der Waals surface area contributed by atoms with Crippen LogP contribution in [0, 0.1) is 0 Å². The molecule has 0 bridgehead atoms. The second-order valence-electron chi connectivity index (χ2n) is 20.3. The number of methoxy groups -OCH3 is 2. The third-order valence-electron chi connectivity index (χ3n) is 12.0. The number of hydrogen-bond donors (Lipinski definition) is 1. The van der Waals surface area contributed by atoms with Gasteiger partial charge < -0.3 is 81.1 Å². The summed E-state index contributed by atoms with van der Waals surface area (Å²) in [5.41, 5.74) is -0.297. The zero-order valence-electron chi connectivity index (χ0n) is 50.2. The van der Waals surface area contributed by atoms with Crippen molar-refractivity contribution in [3.63, 3.8) is 0 Å². The highest BCUT2D eigenvalue weighted by Crippen LogP contribution is 2.37. The van der Waals surface area contributed by atoms with Crippen LogP contribution in [0.15, 0.2) is 58.5 Å². The van der Waals surface area contributed by atoms with Gasteiger partial charge in [-0.25, -0.2) is 4.79 Å². The highest BCUT2D eigenvalue weighted by Gasteiger charge is 2.57. The lowest BCUT2D eigenvalue weighted by Gasteiger charge is -2.49. The molecule has 0 saturated carbocycles. The molecule has 86 heavy (non-hydrogen) atoms. The van der Waals surface area contributed by atoms with Crippen LogP contribution in [-0.2, 0) is 109 Å². The van der Waals surface area contributed by atoms with Crippen LogP contribution >= 0.6 is 0 Å².